The number of aryl methyl sites for hydroxylation is 3. The molecule has 0 aliphatic rings. The second kappa shape index (κ2) is 9.43. The van der Waals surface area contributed by atoms with Gasteiger partial charge in [-0.2, -0.15) is 0 Å². The van der Waals surface area contributed by atoms with Gasteiger partial charge in [-0.25, -0.2) is 8.42 Å². The standard InChI is InChI=1S/C21H27ClN2O3S/c1-5-17-9-6-8-16(3)21(17)23-20(25)10-7-13-24(28(4,26)27)19-14-18(22)12-11-15(19)2/h6,8-9,11-12,14H,5,7,10,13H2,1-4H3,(H,23,25). The van der Waals surface area contributed by atoms with Crippen LogP contribution in [0.3, 0.4) is 0 Å². The lowest BCUT2D eigenvalue weighted by Gasteiger charge is -2.24. The third-order valence-corrected chi connectivity index (χ3v) is 6.02. The van der Waals surface area contributed by atoms with E-state index in [0.29, 0.717) is 17.1 Å². The van der Waals surface area contributed by atoms with Crippen LogP contribution in [-0.2, 0) is 21.2 Å². The van der Waals surface area contributed by atoms with Crippen molar-refractivity contribution in [1.29, 1.82) is 0 Å². The van der Waals surface area contributed by atoms with Crippen LogP contribution in [0.1, 0.15) is 36.5 Å². The van der Waals surface area contributed by atoms with Crippen LogP contribution in [0.5, 0.6) is 0 Å². The number of anilines is 2. The molecule has 1 N–H and O–H groups in total. The van der Waals surface area contributed by atoms with Crippen molar-refractivity contribution in [1.82, 2.24) is 0 Å². The van der Waals surface area contributed by atoms with Gasteiger partial charge in [0.25, 0.3) is 0 Å². The molecular weight excluding hydrogens is 396 g/mol. The summed E-state index contributed by atoms with van der Waals surface area (Å²) in [5.41, 5.74) is 4.30. The molecule has 0 aromatic heterocycles. The van der Waals surface area contributed by atoms with Crippen LogP contribution >= 0.6 is 11.6 Å². The summed E-state index contributed by atoms with van der Waals surface area (Å²) < 4.78 is 25.9. The summed E-state index contributed by atoms with van der Waals surface area (Å²) in [6.07, 6.45) is 2.61. The molecule has 2 aromatic carbocycles. The van der Waals surface area contributed by atoms with Gasteiger partial charge in [0.05, 0.1) is 11.9 Å². The maximum Gasteiger partial charge on any atom is 0.232 e. The molecule has 0 saturated carbocycles. The van der Waals surface area contributed by atoms with E-state index >= 15 is 0 Å². The Morgan fingerprint density at radius 2 is 1.86 bits per heavy atom. The summed E-state index contributed by atoms with van der Waals surface area (Å²) >= 11 is 6.04. The second-order valence-corrected chi connectivity index (χ2v) is 9.22. The molecule has 0 bridgehead atoms. The number of amides is 1. The van der Waals surface area contributed by atoms with E-state index in [1.807, 2.05) is 39.0 Å². The molecule has 0 aliphatic heterocycles. The Morgan fingerprint density at radius 3 is 2.50 bits per heavy atom. The van der Waals surface area contributed by atoms with Crippen LogP contribution < -0.4 is 9.62 Å². The minimum Gasteiger partial charge on any atom is -0.326 e. The minimum atomic E-state index is -3.49. The van der Waals surface area contributed by atoms with Crippen LogP contribution in [0.25, 0.3) is 0 Å². The molecular formula is C21H27ClN2O3S. The Kier molecular flexibility index (Phi) is 7.49. The number of sulfonamides is 1. The van der Waals surface area contributed by atoms with Gasteiger partial charge in [-0.3, -0.25) is 9.10 Å². The van der Waals surface area contributed by atoms with Gasteiger partial charge in [0.15, 0.2) is 0 Å². The zero-order chi connectivity index (χ0) is 20.9. The summed E-state index contributed by atoms with van der Waals surface area (Å²) in [5, 5.41) is 3.45. The molecule has 1 amide bonds. The van der Waals surface area contributed by atoms with Crippen molar-refractivity contribution < 1.29 is 13.2 Å². The fourth-order valence-electron chi connectivity index (χ4n) is 3.10. The van der Waals surface area contributed by atoms with E-state index in [0.717, 1.165) is 35.1 Å². The first-order valence-corrected chi connectivity index (χ1v) is 11.5. The van der Waals surface area contributed by atoms with Gasteiger partial charge in [0.1, 0.15) is 0 Å². The third kappa shape index (κ3) is 5.72. The van der Waals surface area contributed by atoms with Crippen LogP contribution in [0.15, 0.2) is 36.4 Å². The highest BCUT2D eigenvalue weighted by atomic mass is 35.5. The first-order chi connectivity index (χ1) is 13.1. The Morgan fingerprint density at radius 1 is 1.14 bits per heavy atom. The number of rotatable bonds is 8. The average molecular weight is 423 g/mol. The van der Waals surface area contributed by atoms with Crippen LogP contribution in [0, 0.1) is 13.8 Å². The Bertz CT molecular complexity index is 958. The van der Waals surface area contributed by atoms with Gasteiger partial charge in [-0.05, 0) is 55.5 Å². The van der Waals surface area contributed by atoms with Gasteiger partial charge in [0, 0.05) is 23.7 Å². The number of carbonyl (C=O) groups excluding carboxylic acids is 1. The SMILES string of the molecule is CCc1cccc(C)c1NC(=O)CCCN(c1cc(Cl)ccc1C)S(C)(=O)=O. The molecule has 0 spiro atoms. The monoisotopic (exact) mass is 422 g/mol. The first kappa shape index (κ1) is 22.2. The molecule has 2 rings (SSSR count). The Labute approximate surface area is 172 Å². The van der Waals surface area contributed by atoms with Crippen molar-refractivity contribution in [2.75, 3.05) is 22.4 Å². The topological polar surface area (TPSA) is 66.5 Å². The number of para-hydroxylation sites is 1. The number of carbonyl (C=O) groups is 1. The number of halogens is 1. The van der Waals surface area contributed by atoms with Crippen LogP contribution in [0.4, 0.5) is 11.4 Å². The lowest BCUT2D eigenvalue weighted by molar-refractivity contribution is -0.116. The van der Waals surface area contributed by atoms with Gasteiger partial charge < -0.3 is 5.32 Å². The van der Waals surface area contributed by atoms with Crippen LogP contribution in [-0.4, -0.2) is 27.1 Å². The molecule has 0 fully saturated rings. The predicted octanol–water partition coefficient (Wildman–Crippen LogP) is 4.70. The molecule has 0 unspecified atom stereocenters. The van der Waals surface area contributed by atoms with E-state index in [1.54, 1.807) is 18.2 Å². The fourth-order valence-corrected chi connectivity index (χ4v) is 4.28. The van der Waals surface area contributed by atoms with Crippen molar-refractivity contribution >= 4 is 38.9 Å². The second-order valence-electron chi connectivity index (χ2n) is 6.88. The van der Waals surface area contributed by atoms with Crippen molar-refractivity contribution in [2.45, 2.75) is 40.0 Å². The number of hydrogen-bond donors (Lipinski definition) is 1. The van der Waals surface area contributed by atoms with Gasteiger partial charge >= 0.3 is 0 Å². The number of nitrogens with one attached hydrogen (secondary N) is 1. The third-order valence-electron chi connectivity index (χ3n) is 4.61. The van der Waals surface area contributed by atoms with E-state index in [-0.39, 0.29) is 18.9 Å². The van der Waals surface area contributed by atoms with Crippen molar-refractivity contribution in [2.24, 2.45) is 0 Å². The lowest BCUT2D eigenvalue weighted by atomic mass is 10.1. The molecule has 0 saturated heterocycles. The molecule has 0 aliphatic carbocycles. The van der Waals surface area contributed by atoms with E-state index in [2.05, 4.69) is 5.32 Å². The molecule has 152 valence electrons. The number of nitrogens with zero attached hydrogens (tertiary/aromatic N) is 1. The summed E-state index contributed by atoms with van der Waals surface area (Å²) in [5.74, 6) is -0.125. The largest absolute Gasteiger partial charge is 0.326 e. The van der Waals surface area contributed by atoms with E-state index in [1.165, 1.54) is 4.31 Å². The smallest absolute Gasteiger partial charge is 0.232 e. The zero-order valence-electron chi connectivity index (χ0n) is 16.8. The molecule has 7 heteroatoms. The summed E-state index contributed by atoms with van der Waals surface area (Å²) in [4.78, 5) is 12.4. The Hall–Kier alpha value is -2.05. The Balaban J connectivity index is 2.07. The van der Waals surface area contributed by atoms with E-state index < -0.39 is 10.0 Å². The molecule has 2 aromatic rings. The van der Waals surface area contributed by atoms with Gasteiger partial charge in [-0.1, -0.05) is 42.8 Å². The van der Waals surface area contributed by atoms with Crippen molar-refractivity contribution in [3.63, 3.8) is 0 Å². The van der Waals surface area contributed by atoms with Crippen molar-refractivity contribution in [3.8, 4) is 0 Å². The molecule has 0 atom stereocenters. The molecule has 28 heavy (non-hydrogen) atoms. The minimum absolute atomic E-state index is 0.125. The highest BCUT2D eigenvalue weighted by Gasteiger charge is 2.20. The normalized spacial score (nSPS) is 11.3. The van der Waals surface area contributed by atoms with Crippen LogP contribution in [0.2, 0.25) is 5.02 Å². The fraction of sp³-hybridized carbons (Fsp3) is 0.381. The highest BCUT2D eigenvalue weighted by molar-refractivity contribution is 7.92. The molecule has 5 nitrogen and oxygen atoms in total. The first-order valence-electron chi connectivity index (χ1n) is 9.25. The highest BCUT2D eigenvalue weighted by Crippen LogP contribution is 2.27. The summed E-state index contributed by atoms with van der Waals surface area (Å²) in [7, 11) is -3.49. The van der Waals surface area contributed by atoms with Gasteiger partial charge in [0.2, 0.25) is 15.9 Å². The quantitative estimate of drug-likeness (QED) is 0.670. The van der Waals surface area contributed by atoms with E-state index in [9.17, 15) is 13.2 Å². The molecule has 0 radical (unpaired) electrons. The van der Waals surface area contributed by atoms with Crippen molar-refractivity contribution in [3.05, 3.63) is 58.1 Å². The lowest BCUT2D eigenvalue weighted by Crippen LogP contribution is -2.32. The van der Waals surface area contributed by atoms with Gasteiger partial charge in [-0.15, -0.1) is 0 Å². The average Bonchev–Trinajstić information content (AvgIpc) is 2.61. The number of benzene rings is 2. The zero-order valence-corrected chi connectivity index (χ0v) is 18.3. The maximum absolute atomic E-state index is 12.4. The molecule has 0 heterocycles. The summed E-state index contributed by atoms with van der Waals surface area (Å²) in [6, 6.07) is 11.1. The maximum atomic E-state index is 12.4. The summed E-state index contributed by atoms with van der Waals surface area (Å²) in [6.45, 7) is 6.05. The van der Waals surface area contributed by atoms with E-state index in [4.69, 9.17) is 11.6 Å². The predicted molar refractivity (Wildman–Crippen MR) is 117 cm³/mol. The number of hydrogen-bond acceptors (Lipinski definition) is 3.